The molecule has 3 aromatic carbocycles. The first-order valence-corrected chi connectivity index (χ1v) is 11.0. The summed E-state index contributed by atoms with van der Waals surface area (Å²) < 4.78 is 13.4. The molecule has 4 rings (SSSR count). The average molecular weight is 454 g/mol. The molecule has 0 spiro atoms. The van der Waals surface area contributed by atoms with Crippen molar-refractivity contribution in [3.05, 3.63) is 131 Å². The molecule has 0 aliphatic heterocycles. The molecule has 5 nitrogen and oxygen atoms in total. The summed E-state index contributed by atoms with van der Waals surface area (Å²) in [5, 5.41) is 2.87. The molecule has 34 heavy (non-hydrogen) atoms. The van der Waals surface area contributed by atoms with Crippen molar-refractivity contribution >= 4 is 17.5 Å². The van der Waals surface area contributed by atoms with E-state index >= 15 is 0 Å². The predicted molar refractivity (Wildman–Crippen MR) is 130 cm³/mol. The maximum atomic E-state index is 13.4. The number of pyridine rings is 1. The van der Waals surface area contributed by atoms with Gasteiger partial charge in [-0.25, -0.2) is 4.39 Å². The van der Waals surface area contributed by atoms with Crippen LogP contribution >= 0.6 is 0 Å². The zero-order valence-electron chi connectivity index (χ0n) is 18.5. The molecule has 0 unspecified atom stereocenters. The van der Waals surface area contributed by atoms with E-state index in [9.17, 15) is 14.0 Å². The second-order valence-electron chi connectivity index (χ2n) is 7.83. The van der Waals surface area contributed by atoms with Gasteiger partial charge in [-0.1, -0.05) is 48.5 Å². The lowest BCUT2D eigenvalue weighted by molar-refractivity contribution is -0.120. The van der Waals surface area contributed by atoms with Gasteiger partial charge in [-0.3, -0.25) is 14.6 Å². The summed E-state index contributed by atoms with van der Waals surface area (Å²) in [6.45, 7) is 0.617. The van der Waals surface area contributed by atoms with Gasteiger partial charge in [0.2, 0.25) is 5.91 Å². The van der Waals surface area contributed by atoms with Crippen LogP contribution in [0, 0.1) is 5.82 Å². The van der Waals surface area contributed by atoms with Crippen LogP contribution < -0.4 is 10.2 Å². The number of benzene rings is 3. The van der Waals surface area contributed by atoms with Crippen LogP contribution in [-0.4, -0.2) is 16.8 Å². The van der Waals surface area contributed by atoms with Crippen molar-refractivity contribution in [1.82, 2.24) is 10.3 Å². The van der Waals surface area contributed by atoms with Crippen LogP contribution in [0.25, 0.3) is 0 Å². The second-order valence-corrected chi connectivity index (χ2v) is 7.83. The molecular weight excluding hydrogens is 429 g/mol. The summed E-state index contributed by atoms with van der Waals surface area (Å²) in [7, 11) is 0. The monoisotopic (exact) mass is 453 g/mol. The Labute approximate surface area is 197 Å². The Morgan fingerprint density at radius 3 is 2.32 bits per heavy atom. The molecule has 0 aliphatic carbocycles. The van der Waals surface area contributed by atoms with Gasteiger partial charge in [0.1, 0.15) is 5.82 Å². The first kappa shape index (κ1) is 22.9. The van der Waals surface area contributed by atoms with Crippen LogP contribution in [0.5, 0.6) is 0 Å². The normalized spacial score (nSPS) is 10.5. The summed E-state index contributed by atoms with van der Waals surface area (Å²) in [4.78, 5) is 31.7. The van der Waals surface area contributed by atoms with E-state index in [2.05, 4.69) is 10.3 Å². The van der Waals surface area contributed by atoms with Gasteiger partial charge in [0.25, 0.3) is 5.91 Å². The van der Waals surface area contributed by atoms with Crippen molar-refractivity contribution in [2.24, 2.45) is 0 Å². The smallest absolute Gasteiger partial charge is 0.258 e. The fourth-order valence-corrected chi connectivity index (χ4v) is 3.56. The Bertz CT molecular complexity index is 1250. The Morgan fingerprint density at radius 1 is 0.824 bits per heavy atom. The molecule has 0 aliphatic rings. The molecule has 1 heterocycles. The van der Waals surface area contributed by atoms with Gasteiger partial charge >= 0.3 is 0 Å². The minimum atomic E-state index is -0.330. The zero-order valence-corrected chi connectivity index (χ0v) is 18.5. The molecule has 6 heteroatoms. The third-order valence-corrected chi connectivity index (χ3v) is 5.30. The maximum Gasteiger partial charge on any atom is 0.258 e. The first-order chi connectivity index (χ1) is 16.6. The van der Waals surface area contributed by atoms with Crippen LogP contribution in [0.1, 0.15) is 27.2 Å². The van der Waals surface area contributed by atoms with E-state index in [4.69, 9.17) is 0 Å². The number of anilines is 1. The highest BCUT2D eigenvalue weighted by molar-refractivity contribution is 6.06. The highest BCUT2D eigenvalue weighted by Gasteiger charge is 2.19. The number of carbonyl (C=O) groups excluding carboxylic acids is 2. The molecule has 1 N–H and O–H groups in total. The van der Waals surface area contributed by atoms with E-state index in [1.54, 1.807) is 35.4 Å². The highest BCUT2D eigenvalue weighted by atomic mass is 19.1. The van der Waals surface area contributed by atoms with Gasteiger partial charge in [-0.2, -0.15) is 0 Å². The number of rotatable bonds is 8. The number of nitrogens with one attached hydrogen (secondary N) is 1. The minimum Gasteiger partial charge on any atom is -0.350 e. The number of halogens is 1. The Hall–Kier alpha value is -4.32. The van der Waals surface area contributed by atoms with Crippen LogP contribution in [0.2, 0.25) is 0 Å². The number of nitrogens with zero attached hydrogens (tertiary/aromatic N) is 2. The van der Waals surface area contributed by atoms with Gasteiger partial charge in [0.05, 0.1) is 25.2 Å². The molecule has 0 fully saturated rings. The Kier molecular flexibility index (Phi) is 7.40. The molecule has 1 aromatic heterocycles. The first-order valence-electron chi connectivity index (χ1n) is 11.0. The fraction of sp³-hybridized carbons (Fsp3) is 0.107. The number of amides is 2. The lowest BCUT2D eigenvalue weighted by atomic mass is 10.1. The number of hydrogen-bond donors (Lipinski definition) is 1. The summed E-state index contributed by atoms with van der Waals surface area (Å²) in [5.74, 6) is -0.646. The van der Waals surface area contributed by atoms with E-state index in [0.29, 0.717) is 17.8 Å². The molecule has 0 atom stereocenters. The van der Waals surface area contributed by atoms with Gasteiger partial charge in [0.15, 0.2) is 0 Å². The molecule has 0 saturated heterocycles. The van der Waals surface area contributed by atoms with E-state index in [-0.39, 0.29) is 30.6 Å². The topological polar surface area (TPSA) is 62.3 Å². The van der Waals surface area contributed by atoms with Crippen LogP contribution in [0.3, 0.4) is 0 Å². The predicted octanol–water partition coefficient (Wildman–Crippen LogP) is 4.93. The summed E-state index contributed by atoms with van der Waals surface area (Å²) in [5.41, 5.74) is 3.56. The standard InChI is InChI=1S/C28H24FN3O2/c29-24-14-12-21(13-15-24)20-32(28(34)23-8-2-1-3-9-23)26-11-6-7-22(17-26)18-27(33)31-19-25-10-4-5-16-30-25/h1-17H,18-20H2,(H,31,33). The zero-order chi connectivity index (χ0) is 23.8. The number of carbonyl (C=O) groups is 2. The largest absolute Gasteiger partial charge is 0.350 e. The Balaban J connectivity index is 1.53. The number of aromatic nitrogens is 1. The lowest BCUT2D eigenvalue weighted by Crippen LogP contribution is -2.30. The van der Waals surface area contributed by atoms with Crippen molar-refractivity contribution in [2.45, 2.75) is 19.5 Å². The molecule has 0 bridgehead atoms. The van der Waals surface area contributed by atoms with E-state index in [1.807, 2.05) is 60.7 Å². The van der Waals surface area contributed by atoms with Crippen LogP contribution in [0.4, 0.5) is 10.1 Å². The molecule has 4 aromatic rings. The quantitative estimate of drug-likeness (QED) is 0.412. The number of hydrogen-bond acceptors (Lipinski definition) is 3. The highest BCUT2D eigenvalue weighted by Crippen LogP contribution is 2.22. The lowest BCUT2D eigenvalue weighted by Gasteiger charge is -2.24. The van der Waals surface area contributed by atoms with Crippen LogP contribution in [0.15, 0.2) is 103 Å². The average Bonchev–Trinajstić information content (AvgIpc) is 2.88. The summed E-state index contributed by atoms with van der Waals surface area (Å²) >= 11 is 0. The van der Waals surface area contributed by atoms with Crippen molar-refractivity contribution in [3.8, 4) is 0 Å². The Morgan fingerprint density at radius 2 is 1.59 bits per heavy atom. The van der Waals surface area contributed by atoms with Gasteiger partial charge in [-0.05, 0) is 59.7 Å². The van der Waals surface area contributed by atoms with E-state index in [0.717, 1.165) is 16.8 Å². The van der Waals surface area contributed by atoms with Crippen molar-refractivity contribution in [1.29, 1.82) is 0 Å². The summed E-state index contributed by atoms with van der Waals surface area (Å²) in [6, 6.07) is 28.0. The van der Waals surface area contributed by atoms with Crippen molar-refractivity contribution in [3.63, 3.8) is 0 Å². The molecule has 170 valence electrons. The second kappa shape index (κ2) is 11.0. The van der Waals surface area contributed by atoms with Gasteiger partial charge in [0, 0.05) is 17.4 Å². The van der Waals surface area contributed by atoms with Gasteiger partial charge in [-0.15, -0.1) is 0 Å². The van der Waals surface area contributed by atoms with E-state index < -0.39 is 0 Å². The van der Waals surface area contributed by atoms with Crippen molar-refractivity contribution < 1.29 is 14.0 Å². The van der Waals surface area contributed by atoms with Crippen molar-refractivity contribution in [2.75, 3.05) is 4.90 Å². The molecule has 0 saturated carbocycles. The summed E-state index contributed by atoms with van der Waals surface area (Å²) in [6.07, 6.45) is 1.86. The third kappa shape index (κ3) is 6.13. The van der Waals surface area contributed by atoms with Gasteiger partial charge < -0.3 is 10.2 Å². The third-order valence-electron chi connectivity index (χ3n) is 5.30. The van der Waals surface area contributed by atoms with Crippen LogP contribution in [-0.2, 0) is 24.3 Å². The molecular formula is C28H24FN3O2. The fourth-order valence-electron chi connectivity index (χ4n) is 3.56. The molecule has 2 amide bonds. The molecule has 0 radical (unpaired) electrons. The maximum absolute atomic E-state index is 13.4. The van der Waals surface area contributed by atoms with E-state index in [1.165, 1.54) is 12.1 Å². The SMILES string of the molecule is O=C(Cc1cccc(N(Cc2ccc(F)cc2)C(=O)c2ccccc2)c1)NCc1ccccn1. The minimum absolute atomic E-state index is 0.137.